The van der Waals surface area contributed by atoms with Crippen LogP contribution in [0.3, 0.4) is 0 Å². The fourth-order valence-corrected chi connectivity index (χ4v) is 2.25. The van der Waals surface area contributed by atoms with Gasteiger partial charge in [-0.25, -0.2) is 4.57 Å². The lowest BCUT2D eigenvalue weighted by Gasteiger charge is -2.04. The molecular weight excluding hydrogens is 286 g/mol. The highest BCUT2D eigenvalue weighted by Crippen LogP contribution is 2.23. The Morgan fingerprint density at radius 1 is 1.14 bits per heavy atom. The van der Waals surface area contributed by atoms with Gasteiger partial charge in [-0.15, -0.1) is 0 Å². The van der Waals surface area contributed by atoms with E-state index >= 15 is 0 Å². The number of fused-ring (bicyclic) bond motifs is 1. The summed E-state index contributed by atoms with van der Waals surface area (Å²) < 4.78 is 12.7. The summed E-state index contributed by atoms with van der Waals surface area (Å²) >= 11 is 0. The molecule has 0 fully saturated rings. The maximum absolute atomic E-state index is 5.32. The number of furan rings is 1. The van der Waals surface area contributed by atoms with Gasteiger partial charge in [-0.3, -0.25) is 0 Å². The smallest absolute Gasteiger partial charge is 0.213 e. The molecule has 0 saturated carbocycles. The van der Waals surface area contributed by atoms with Crippen molar-refractivity contribution in [2.24, 2.45) is 7.05 Å². The maximum atomic E-state index is 5.32. The van der Waals surface area contributed by atoms with Gasteiger partial charge in [0.15, 0.2) is 6.20 Å². The molecule has 2 aromatic heterocycles. The quantitative estimate of drug-likeness (QED) is 0.656. The van der Waals surface area contributed by atoms with Crippen LogP contribution >= 0.6 is 0 Å². The van der Waals surface area contributed by atoms with E-state index in [2.05, 4.69) is 35.0 Å². The molecule has 0 atom stereocenters. The third-order valence-corrected chi connectivity index (χ3v) is 3.34. The summed E-state index contributed by atoms with van der Waals surface area (Å²) in [6.45, 7) is 0. The Bertz CT molecular complexity index is 764. The molecule has 4 heteroatoms. The van der Waals surface area contributed by atoms with Gasteiger partial charge in [0, 0.05) is 12.1 Å². The van der Waals surface area contributed by atoms with Crippen molar-refractivity contribution in [3.05, 3.63) is 60.2 Å². The minimum absolute atomic E-state index is 0. The predicted octanol–water partition coefficient (Wildman–Crippen LogP) is 0.440. The molecule has 3 aromatic rings. The standard InChI is InChI=1S/C17H16NO2.ClH/c1-18-10-9-13(5-6-14-4-3-11-20-14)16-12-15(19-2)7-8-17(16)18;/h3-12H,1-2H3;1H/q+1;/p-1/b6-5+;. The molecule has 0 aliphatic carbocycles. The van der Waals surface area contributed by atoms with Crippen LogP contribution in [-0.2, 0) is 7.05 Å². The first kappa shape index (κ1) is 15.1. The molecule has 0 unspecified atom stereocenters. The van der Waals surface area contributed by atoms with E-state index in [4.69, 9.17) is 9.15 Å². The highest BCUT2D eigenvalue weighted by atomic mass is 35.5. The second-order valence-electron chi connectivity index (χ2n) is 4.61. The van der Waals surface area contributed by atoms with Crippen LogP contribution in [0, 0.1) is 0 Å². The first-order chi connectivity index (χ1) is 9.78. The SMILES string of the molecule is COc1ccc2c(c1)c(/C=C/c1ccco1)cc[n+]2C.[Cl-]. The van der Waals surface area contributed by atoms with Crippen LogP contribution in [-0.4, -0.2) is 7.11 Å². The molecule has 0 aliphatic rings. The Morgan fingerprint density at radius 2 is 2.00 bits per heavy atom. The molecule has 0 bridgehead atoms. The van der Waals surface area contributed by atoms with Gasteiger partial charge >= 0.3 is 0 Å². The number of aromatic nitrogens is 1. The molecule has 2 heterocycles. The summed E-state index contributed by atoms with van der Waals surface area (Å²) in [5.41, 5.74) is 2.29. The van der Waals surface area contributed by atoms with Gasteiger partial charge in [0.1, 0.15) is 18.6 Å². The maximum Gasteiger partial charge on any atom is 0.213 e. The van der Waals surface area contributed by atoms with E-state index in [9.17, 15) is 0 Å². The van der Waals surface area contributed by atoms with Gasteiger partial charge in [0.05, 0.1) is 18.8 Å². The van der Waals surface area contributed by atoms with Gasteiger partial charge in [-0.2, -0.15) is 0 Å². The van der Waals surface area contributed by atoms with Crippen molar-refractivity contribution in [1.82, 2.24) is 0 Å². The Morgan fingerprint density at radius 3 is 2.71 bits per heavy atom. The number of rotatable bonds is 3. The Kier molecular flexibility index (Phi) is 4.66. The normalized spacial score (nSPS) is 10.8. The molecule has 0 aliphatic heterocycles. The van der Waals surface area contributed by atoms with Crippen molar-refractivity contribution in [1.29, 1.82) is 0 Å². The number of aryl methyl sites for hydroxylation is 1. The molecule has 1 aromatic carbocycles. The Hall–Kier alpha value is -2.26. The fraction of sp³-hybridized carbons (Fsp3) is 0.118. The zero-order valence-corrected chi connectivity index (χ0v) is 12.7. The average molecular weight is 302 g/mol. The first-order valence-electron chi connectivity index (χ1n) is 6.46. The molecule has 21 heavy (non-hydrogen) atoms. The summed E-state index contributed by atoms with van der Waals surface area (Å²) in [4.78, 5) is 0. The summed E-state index contributed by atoms with van der Waals surface area (Å²) in [7, 11) is 3.72. The van der Waals surface area contributed by atoms with Crippen LogP contribution in [0.4, 0.5) is 0 Å². The number of ether oxygens (including phenoxy) is 1. The van der Waals surface area contributed by atoms with Crippen molar-refractivity contribution in [2.75, 3.05) is 7.11 Å². The van der Waals surface area contributed by atoms with E-state index in [1.165, 1.54) is 0 Å². The molecule has 108 valence electrons. The van der Waals surface area contributed by atoms with Gasteiger partial charge < -0.3 is 21.6 Å². The van der Waals surface area contributed by atoms with Crippen LogP contribution in [0.15, 0.2) is 53.3 Å². The van der Waals surface area contributed by atoms with Crippen molar-refractivity contribution in [3.63, 3.8) is 0 Å². The number of methoxy groups -OCH3 is 1. The lowest BCUT2D eigenvalue weighted by Crippen LogP contribution is -3.00. The minimum atomic E-state index is 0. The molecule has 0 amide bonds. The number of pyridine rings is 1. The Balaban J connectivity index is 0.00000161. The number of nitrogens with zero attached hydrogens (tertiary/aromatic N) is 1. The van der Waals surface area contributed by atoms with Gasteiger partial charge in [-0.05, 0) is 35.9 Å². The van der Waals surface area contributed by atoms with Crippen LogP contribution in [0.25, 0.3) is 23.1 Å². The number of halogens is 1. The molecule has 0 radical (unpaired) electrons. The highest BCUT2D eigenvalue weighted by Gasteiger charge is 2.09. The average Bonchev–Trinajstić information content (AvgIpc) is 2.99. The van der Waals surface area contributed by atoms with Crippen LogP contribution in [0.1, 0.15) is 11.3 Å². The van der Waals surface area contributed by atoms with Crippen LogP contribution in [0.5, 0.6) is 5.75 Å². The zero-order chi connectivity index (χ0) is 13.9. The largest absolute Gasteiger partial charge is 1.00 e. The monoisotopic (exact) mass is 301 g/mol. The second-order valence-corrected chi connectivity index (χ2v) is 4.61. The third-order valence-electron chi connectivity index (χ3n) is 3.34. The first-order valence-corrected chi connectivity index (χ1v) is 6.46. The number of hydrogen-bond donors (Lipinski definition) is 0. The van der Waals surface area contributed by atoms with E-state index in [-0.39, 0.29) is 12.4 Å². The van der Waals surface area contributed by atoms with Gasteiger partial charge in [0.2, 0.25) is 5.52 Å². The van der Waals surface area contributed by atoms with Crippen molar-refractivity contribution in [2.45, 2.75) is 0 Å². The lowest BCUT2D eigenvalue weighted by atomic mass is 10.1. The molecule has 0 spiro atoms. The number of benzene rings is 1. The van der Waals surface area contributed by atoms with E-state index in [0.29, 0.717) is 0 Å². The van der Waals surface area contributed by atoms with Crippen LogP contribution < -0.4 is 21.7 Å². The van der Waals surface area contributed by atoms with Crippen molar-refractivity contribution in [3.8, 4) is 5.75 Å². The molecule has 3 nitrogen and oxygen atoms in total. The van der Waals surface area contributed by atoms with E-state index in [1.807, 2.05) is 31.3 Å². The van der Waals surface area contributed by atoms with Crippen LogP contribution in [0.2, 0.25) is 0 Å². The second kappa shape index (κ2) is 6.46. The molecule has 3 rings (SSSR count). The molecule has 0 saturated heterocycles. The zero-order valence-electron chi connectivity index (χ0n) is 11.9. The highest BCUT2D eigenvalue weighted by molar-refractivity contribution is 5.89. The molecule has 0 N–H and O–H groups in total. The van der Waals surface area contributed by atoms with Gasteiger partial charge in [-0.1, -0.05) is 6.08 Å². The van der Waals surface area contributed by atoms with Crippen molar-refractivity contribution < 1.29 is 26.1 Å². The third kappa shape index (κ3) is 3.09. The van der Waals surface area contributed by atoms with Gasteiger partial charge in [0.25, 0.3) is 0 Å². The van der Waals surface area contributed by atoms with E-state index in [1.54, 1.807) is 13.4 Å². The van der Waals surface area contributed by atoms with E-state index in [0.717, 1.165) is 28.0 Å². The topological polar surface area (TPSA) is 26.2 Å². The predicted molar refractivity (Wildman–Crippen MR) is 79.3 cm³/mol. The van der Waals surface area contributed by atoms with Crippen molar-refractivity contribution >= 4 is 23.1 Å². The lowest BCUT2D eigenvalue weighted by molar-refractivity contribution is -0.644. The molecular formula is C17H16ClNO2. The number of hydrogen-bond acceptors (Lipinski definition) is 2. The Labute approximate surface area is 129 Å². The summed E-state index contributed by atoms with van der Waals surface area (Å²) in [5.74, 6) is 1.70. The minimum Gasteiger partial charge on any atom is -1.00 e. The summed E-state index contributed by atoms with van der Waals surface area (Å²) in [5, 5.41) is 1.15. The fourth-order valence-electron chi connectivity index (χ4n) is 2.25. The summed E-state index contributed by atoms with van der Waals surface area (Å²) in [6, 6.07) is 12.0. The van der Waals surface area contributed by atoms with E-state index < -0.39 is 0 Å². The summed E-state index contributed by atoms with van der Waals surface area (Å²) in [6.07, 6.45) is 7.75.